The van der Waals surface area contributed by atoms with Gasteiger partial charge in [0, 0.05) is 6.42 Å². The van der Waals surface area contributed by atoms with Gasteiger partial charge in [-0.15, -0.1) is 0 Å². The number of ether oxygens (including phenoxy) is 3. The van der Waals surface area contributed by atoms with Crippen molar-refractivity contribution in [2.75, 3.05) is 33.9 Å². The van der Waals surface area contributed by atoms with Crippen LogP contribution in [0.3, 0.4) is 0 Å². The smallest absolute Gasteiger partial charge is 0.309 e. The third-order valence-corrected chi connectivity index (χ3v) is 9.63. The largest absolute Gasteiger partial charge is 0.466 e. The van der Waals surface area contributed by atoms with Gasteiger partial charge in [-0.05, 0) is 123 Å². The number of rotatable bonds is 36. The molecular formula is C47H83NO6. The van der Waals surface area contributed by atoms with Crippen LogP contribution in [0.1, 0.15) is 182 Å². The van der Waals surface area contributed by atoms with E-state index in [1.54, 1.807) is 0 Å². The number of allylic oxidation sites excluding steroid dienone is 6. The van der Waals surface area contributed by atoms with Crippen LogP contribution in [-0.2, 0) is 28.6 Å². The van der Waals surface area contributed by atoms with E-state index in [2.05, 4.69) is 64.1 Å². The summed E-state index contributed by atoms with van der Waals surface area (Å²) in [7, 11) is 4.24. The summed E-state index contributed by atoms with van der Waals surface area (Å²) in [6, 6.07) is 0. The molecule has 0 aromatic carbocycles. The number of esters is 3. The van der Waals surface area contributed by atoms with Crippen molar-refractivity contribution in [1.29, 1.82) is 0 Å². The van der Waals surface area contributed by atoms with Crippen LogP contribution in [-0.4, -0.2) is 62.8 Å². The van der Waals surface area contributed by atoms with E-state index in [0.29, 0.717) is 38.4 Å². The highest BCUT2D eigenvalue weighted by molar-refractivity contribution is 5.71. The molecule has 0 fully saturated rings. The minimum Gasteiger partial charge on any atom is -0.466 e. The Bertz CT molecular complexity index is 985. The number of hydrogen-bond donors (Lipinski definition) is 0. The van der Waals surface area contributed by atoms with Gasteiger partial charge in [-0.25, -0.2) is 0 Å². The Kier molecular flexibility index (Phi) is 34.2. The van der Waals surface area contributed by atoms with E-state index in [-0.39, 0.29) is 29.4 Å². The summed E-state index contributed by atoms with van der Waals surface area (Å²) in [4.78, 5) is 38.0. The van der Waals surface area contributed by atoms with Gasteiger partial charge >= 0.3 is 17.9 Å². The third kappa shape index (κ3) is 36.3. The van der Waals surface area contributed by atoms with Gasteiger partial charge < -0.3 is 19.1 Å². The van der Waals surface area contributed by atoms with Gasteiger partial charge in [-0.2, -0.15) is 0 Å². The molecule has 0 aliphatic heterocycles. The average molecular weight is 758 g/mol. The molecule has 0 aromatic rings. The van der Waals surface area contributed by atoms with Crippen molar-refractivity contribution in [2.24, 2.45) is 11.3 Å². The van der Waals surface area contributed by atoms with E-state index < -0.39 is 0 Å². The van der Waals surface area contributed by atoms with Crippen LogP contribution in [0.25, 0.3) is 0 Å². The molecule has 54 heavy (non-hydrogen) atoms. The zero-order valence-corrected chi connectivity index (χ0v) is 36.1. The molecule has 0 aliphatic carbocycles. The van der Waals surface area contributed by atoms with E-state index in [0.717, 1.165) is 70.8 Å². The van der Waals surface area contributed by atoms with Crippen molar-refractivity contribution in [3.8, 4) is 0 Å². The quantitative estimate of drug-likeness (QED) is 0.0272. The second-order valence-electron chi connectivity index (χ2n) is 16.1. The number of unbranched alkanes of at least 4 members (excludes halogenated alkanes) is 12. The first-order chi connectivity index (χ1) is 26.0. The van der Waals surface area contributed by atoms with Crippen molar-refractivity contribution in [3.63, 3.8) is 0 Å². The van der Waals surface area contributed by atoms with Crippen LogP contribution in [0.5, 0.6) is 0 Å². The van der Waals surface area contributed by atoms with Gasteiger partial charge in [0.1, 0.15) is 6.10 Å². The zero-order chi connectivity index (χ0) is 40.1. The van der Waals surface area contributed by atoms with E-state index >= 15 is 0 Å². The van der Waals surface area contributed by atoms with Crippen LogP contribution in [0.15, 0.2) is 48.6 Å². The molecule has 7 heteroatoms. The summed E-state index contributed by atoms with van der Waals surface area (Å²) in [5, 5.41) is 0. The topological polar surface area (TPSA) is 82.1 Å². The molecule has 1 atom stereocenters. The molecule has 0 saturated heterocycles. The second kappa shape index (κ2) is 36.0. The number of hydrogen-bond acceptors (Lipinski definition) is 7. The van der Waals surface area contributed by atoms with E-state index in [1.807, 2.05) is 38.2 Å². The first kappa shape index (κ1) is 51.3. The predicted octanol–water partition coefficient (Wildman–Crippen LogP) is 12.4. The highest BCUT2D eigenvalue weighted by Gasteiger charge is 2.24. The van der Waals surface area contributed by atoms with Crippen molar-refractivity contribution < 1.29 is 28.6 Å². The monoisotopic (exact) mass is 758 g/mol. The van der Waals surface area contributed by atoms with Gasteiger partial charge in [-0.3, -0.25) is 14.4 Å². The number of carbonyl (C=O) groups excluding carboxylic acids is 3. The Balaban J connectivity index is 4.45. The van der Waals surface area contributed by atoms with Crippen LogP contribution in [0.2, 0.25) is 0 Å². The standard InChI is InChI=1S/C47H83NO6/c1-8-52-44(49)36-32-28-24-20-16-12-10-14-18-22-26-30-34-43(54-46(51)40-42(3)41-47(4,5)38-39-48(6)7)35-31-27-23-19-15-11-13-17-21-25-29-33-37-45(50)53-9-2/h16-17,20-21,28-29,32-33,42-43H,8-15,18-19,22-27,30-31,34-41H2,1-7H3/b20-16-,21-17-,32-28-,33-29-. The fourth-order valence-electron chi connectivity index (χ4n) is 6.68. The van der Waals surface area contributed by atoms with Crippen molar-refractivity contribution in [1.82, 2.24) is 4.90 Å². The highest BCUT2D eigenvalue weighted by atomic mass is 16.5. The Morgan fingerprint density at radius 2 is 1.02 bits per heavy atom. The summed E-state index contributed by atoms with van der Waals surface area (Å²) in [6.07, 6.45) is 40.5. The third-order valence-electron chi connectivity index (χ3n) is 9.63. The molecule has 0 heterocycles. The molecule has 0 radical (unpaired) electrons. The molecule has 0 saturated carbocycles. The fraction of sp³-hybridized carbons (Fsp3) is 0.766. The molecule has 0 aliphatic rings. The lowest BCUT2D eigenvalue weighted by Crippen LogP contribution is -2.25. The molecular weight excluding hydrogens is 675 g/mol. The maximum absolute atomic E-state index is 13.1. The SMILES string of the molecule is CCOC(=O)C/C=C\C/C=C\CCCCCCCCC(CCCCCCCC/C=C\C/C=C\CC(=O)OCC)OC(=O)CC(C)CC(C)(C)CCN(C)C. The molecule has 0 amide bonds. The summed E-state index contributed by atoms with van der Waals surface area (Å²) in [6.45, 7) is 12.4. The first-order valence-corrected chi connectivity index (χ1v) is 21.7. The Hall–Kier alpha value is -2.67. The predicted molar refractivity (Wildman–Crippen MR) is 227 cm³/mol. The summed E-state index contributed by atoms with van der Waals surface area (Å²) >= 11 is 0. The molecule has 1 unspecified atom stereocenters. The minimum absolute atomic E-state index is 0.0130. The maximum atomic E-state index is 13.1. The molecule has 0 N–H and O–H groups in total. The maximum Gasteiger partial charge on any atom is 0.309 e. The van der Waals surface area contributed by atoms with Crippen molar-refractivity contribution in [2.45, 2.75) is 188 Å². The summed E-state index contributed by atoms with van der Waals surface area (Å²) < 4.78 is 16.0. The van der Waals surface area contributed by atoms with E-state index in [1.165, 1.54) is 64.2 Å². The van der Waals surface area contributed by atoms with Crippen molar-refractivity contribution >= 4 is 17.9 Å². The lowest BCUT2D eigenvalue weighted by molar-refractivity contribution is -0.151. The average Bonchev–Trinajstić information content (AvgIpc) is 3.10. The van der Waals surface area contributed by atoms with Gasteiger partial charge in [0.25, 0.3) is 0 Å². The summed E-state index contributed by atoms with van der Waals surface area (Å²) in [5.41, 5.74) is 0.212. The van der Waals surface area contributed by atoms with Crippen LogP contribution in [0.4, 0.5) is 0 Å². The zero-order valence-electron chi connectivity index (χ0n) is 36.1. The van der Waals surface area contributed by atoms with Crippen LogP contribution >= 0.6 is 0 Å². The van der Waals surface area contributed by atoms with Crippen LogP contribution < -0.4 is 0 Å². The van der Waals surface area contributed by atoms with Gasteiger partial charge in [0.2, 0.25) is 0 Å². The molecule has 0 rings (SSSR count). The van der Waals surface area contributed by atoms with Gasteiger partial charge in [0.05, 0.1) is 26.1 Å². The first-order valence-electron chi connectivity index (χ1n) is 21.7. The van der Waals surface area contributed by atoms with E-state index in [4.69, 9.17) is 14.2 Å². The molecule has 7 nitrogen and oxygen atoms in total. The molecule has 0 spiro atoms. The summed E-state index contributed by atoms with van der Waals surface area (Å²) in [5.74, 6) is -0.0269. The van der Waals surface area contributed by atoms with Crippen LogP contribution in [0, 0.1) is 11.3 Å². The number of carbonyl (C=O) groups is 3. The second-order valence-corrected chi connectivity index (χ2v) is 16.1. The Labute approximate surface area is 332 Å². The van der Waals surface area contributed by atoms with E-state index in [9.17, 15) is 14.4 Å². The number of nitrogens with zero attached hydrogens (tertiary/aromatic N) is 1. The Morgan fingerprint density at radius 3 is 1.46 bits per heavy atom. The molecule has 312 valence electrons. The Morgan fingerprint density at radius 1 is 0.593 bits per heavy atom. The van der Waals surface area contributed by atoms with Crippen molar-refractivity contribution in [3.05, 3.63) is 48.6 Å². The fourth-order valence-corrected chi connectivity index (χ4v) is 6.68. The van der Waals surface area contributed by atoms with Gasteiger partial charge in [-0.1, -0.05) is 121 Å². The lowest BCUT2D eigenvalue weighted by Gasteiger charge is -2.29. The normalized spacial score (nSPS) is 13.0. The lowest BCUT2D eigenvalue weighted by atomic mass is 9.79. The minimum atomic E-state index is -0.167. The molecule has 0 aromatic heterocycles. The highest BCUT2D eigenvalue weighted by Crippen LogP contribution is 2.31. The van der Waals surface area contributed by atoms with Gasteiger partial charge in [0.15, 0.2) is 0 Å². The molecule has 0 bridgehead atoms.